The van der Waals surface area contributed by atoms with E-state index in [1.165, 1.54) is 0 Å². The third-order valence-corrected chi connectivity index (χ3v) is 2.99. The number of benzene rings is 1. The van der Waals surface area contributed by atoms with Crippen LogP contribution in [0.25, 0.3) is 5.69 Å². The quantitative estimate of drug-likeness (QED) is 0.861. The predicted octanol–water partition coefficient (Wildman–Crippen LogP) is 2.82. The smallest absolute Gasteiger partial charge is 0.274 e. The highest BCUT2D eigenvalue weighted by Gasteiger charge is 2.11. The summed E-state index contributed by atoms with van der Waals surface area (Å²) >= 11 is 0. The Balaban J connectivity index is 2.41. The topological polar surface area (TPSA) is 37.8 Å². The van der Waals surface area contributed by atoms with Crippen LogP contribution in [0.15, 0.2) is 35.1 Å². The molecule has 1 heterocycles. The molecule has 1 aromatic heterocycles. The molecule has 0 saturated carbocycles. The van der Waals surface area contributed by atoms with Crippen molar-refractivity contribution >= 4 is 0 Å². The van der Waals surface area contributed by atoms with Gasteiger partial charge in [0.2, 0.25) is 0 Å². The van der Waals surface area contributed by atoms with Crippen LogP contribution in [-0.2, 0) is 6.42 Å². The van der Waals surface area contributed by atoms with Gasteiger partial charge in [-0.2, -0.15) is 0 Å². The van der Waals surface area contributed by atoms with E-state index in [4.69, 9.17) is 0 Å². The van der Waals surface area contributed by atoms with Gasteiger partial charge in [0.25, 0.3) is 5.56 Å². The molecule has 0 aliphatic carbocycles. The van der Waals surface area contributed by atoms with E-state index < -0.39 is 0 Å². The number of nitrogens with zero attached hydrogens (tertiary/aromatic N) is 1. The molecule has 0 unspecified atom stereocenters. The molecule has 1 N–H and O–H groups in total. The van der Waals surface area contributed by atoms with E-state index in [0.29, 0.717) is 0 Å². The molecule has 0 radical (unpaired) electrons. The molecule has 17 heavy (non-hydrogen) atoms. The first-order chi connectivity index (χ1) is 8.24. The summed E-state index contributed by atoms with van der Waals surface area (Å²) in [6, 6.07) is 9.68. The van der Waals surface area contributed by atoms with Gasteiger partial charge in [0.1, 0.15) is 0 Å². The number of aromatic amines is 1. The van der Waals surface area contributed by atoms with Crippen molar-refractivity contribution in [2.75, 3.05) is 0 Å². The first kappa shape index (κ1) is 11.7. The third-order valence-electron chi connectivity index (χ3n) is 2.99. The average Bonchev–Trinajstić information content (AvgIpc) is 2.64. The molecule has 0 spiro atoms. The van der Waals surface area contributed by atoms with Crippen molar-refractivity contribution in [2.24, 2.45) is 0 Å². The van der Waals surface area contributed by atoms with E-state index in [2.05, 4.69) is 12.0 Å². The molecule has 3 heteroatoms. The molecular weight excluding hydrogens is 212 g/mol. The van der Waals surface area contributed by atoms with Crippen molar-refractivity contribution in [3.8, 4) is 5.69 Å². The highest BCUT2D eigenvalue weighted by Crippen LogP contribution is 2.08. The summed E-state index contributed by atoms with van der Waals surface area (Å²) in [5, 5.41) is 3.14. The number of H-pyrrole nitrogens is 1. The highest BCUT2D eigenvalue weighted by atomic mass is 16.1. The van der Waals surface area contributed by atoms with Crippen molar-refractivity contribution in [3.63, 3.8) is 0 Å². The molecule has 0 aliphatic heterocycles. The summed E-state index contributed by atoms with van der Waals surface area (Å²) in [5.41, 5.74) is 2.87. The Morgan fingerprint density at radius 2 is 1.94 bits per heavy atom. The van der Waals surface area contributed by atoms with Gasteiger partial charge < -0.3 is 0 Å². The third kappa shape index (κ3) is 2.33. The summed E-state index contributed by atoms with van der Waals surface area (Å²) in [6.45, 7) is 4.10. The first-order valence-electron chi connectivity index (χ1n) is 6.10. The summed E-state index contributed by atoms with van der Waals surface area (Å²) in [5.74, 6) is 0. The summed E-state index contributed by atoms with van der Waals surface area (Å²) in [6.07, 6.45) is 3.02. The number of rotatable bonds is 4. The summed E-state index contributed by atoms with van der Waals surface area (Å²) < 4.78 is 1.63. The van der Waals surface area contributed by atoms with Gasteiger partial charge in [-0.15, -0.1) is 0 Å². The molecule has 0 atom stereocenters. The Morgan fingerprint density at radius 1 is 1.24 bits per heavy atom. The molecule has 0 amide bonds. The van der Waals surface area contributed by atoms with E-state index in [-0.39, 0.29) is 5.56 Å². The maximum Gasteiger partial charge on any atom is 0.274 e. The van der Waals surface area contributed by atoms with Crippen molar-refractivity contribution < 1.29 is 0 Å². The van der Waals surface area contributed by atoms with Crippen LogP contribution in [0, 0.1) is 6.92 Å². The minimum Gasteiger partial charge on any atom is -0.295 e. The Bertz CT molecular complexity index is 537. The van der Waals surface area contributed by atoms with Gasteiger partial charge in [-0.05, 0) is 31.9 Å². The minimum absolute atomic E-state index is 0.0853. The van der Waals surface area contributed by atoms with Crippen LogP contribution in [0.3, 0.4) is 0 Å². The fourth-order valence-corrected chi connectivity index (χ4v) is 1.99. The molecule has 0 bridgehead atoms. The van der Waals surface area contributed by atoms with Gasteiger partial charge in [-0.25, -0.2) is 4.68 Å². The van der Waals surface area contributed by atoms with Gasteiger partial charge in [-0.3, -0.25) is 9.89 Å². The molecule has 0 aliphatic rings. The Labute approximate surface area is 101 Å². The monoisotopic (exact) mass is 230 g/mol. The Morgan fingerprint density at radius 3 is 2.59 bits per heavy atom. The summed E-state index contributed by atoms with van der Waals surface area (Å²) in [7, 11) is 0. The fraction of sp³-hybridized carbons (Fsp3) is 0.357. The number of unbranched alkanes of at least 4 members (excludes halogenated alkanes) is 1. The molecule has 3 nitrogen and oxygen atoms in total. The van der Waals surface area contributed by atoms with E-state index >= 15 is 0 Å². The van der Waals surface area contributed by atoms with E-state index in [0.717, 1.165) is 36.2 Å². The second kappa shape index (κ2) is 5.04. The Hall–Kier alpha value is -1.77. The number of aryl methyl sites for hydroxylation is 1. The maximum absolute atomic E-state index is 12.2. The van der Waals surface area contributed by atoms with Gasteiger partial charge >= 0.3 is 0 Å². The largest absolute Gasteiger partial charge is 0.295 e. The number of para-hydroxylation sites is 1. The molecule has 2 aromatic rings. The van der Waals surface area contributed by atoms with Crippen molar-refractivity contribution in [3.05, 3.63) is 51.9 Å². The fourth-order valence-electron chi connectivity index (χ4n) is 1.99. The van der Waals surface area contributed by atoms with Gasteiger partial charge in [-0.1, -0.05) is 31.5 Å². The van der Waals surface area contributed by atoms with Crippen LogP contribution in [0.2, 0.25) is 0 Å². The number of aromatic nitrogens is 2. The normalized spacial score (nSPS) is 10.7. The van der Waals surface area contributed by atoms with Gasteiger partial charge in [0.15, 0.2) is 0 Å². The van der Waals surface area contributed by atoms with Crippen molar-refractivity contribution in [2.45, 2.75) is 33.1 Å². The lowest BCUT2D eigenvalue weighted by Gasteiger charge is -1.99. The van der Waals surface area contributed by atoms with Crippen molar-refractivity contribution in [1.29, 1.82) is 0 Å². The van der Waals surface area contributed by atoms with Gasteiger partial charge in [0.05, 0.1) is 5.69 Å². The second-order valence-corrected chi connectivity index (χ2v) is 4.30. The van der Waals surface area contributed by atoms with Crippen molar-refractivity contribution in [1.82, 2.24) is 9.78 Å². The minimum atomic E-state index is 0.0853. The maximum atomic E-state index is 12.2. The zero-order valence-corrected chi connectivity index (χ0v) is 10.4. The standard InChI is InChI=1S/C14H18N2O/c1-3-4-10-13-11(2)15-16(14(13)17)12-8-6-5-7-9-12/h5-9,15H,3-4,10H2,1-2H3. The lowest BCUT2D eigenvalue weighted by Crippen LogP contribution is -2.17. The van der Waals surface area contributed by atoms with Crippen LogP contribution in [0.4, 0.5) is 0 Å². The van der Waals surface area contributed by atoms with Crippen LogP contribution >= 0.6 is 0 Å². The first-order valence-corrected chi connectivity index (χ1v) is 6.10. The lowest BCUT2D eigenvalue weighted by molar-refractivity contribution is 0.785. The van der Waals surface area contributed by atoms with Crippen LogP contribution in [-0.4, -0.2) is 9.78 Å². The number of hydrogen-bond donors (Lipinski definition) is 1. The van der Waals surface area contributed by atoms with Gasteiger partial charge in [0, 0.05) is 11.3 Å². The van der Waals surface area contributed by atoms with Crippen LogP contribution in [0.5, 0.6) is 0 Å². The molecule has 0 saturated heterocycles. The Kier molecular flexibility index (Phi) is 3.47. The highest BCUT2D eigenvalue weighted by molar-refractivity contribution is 5.32. The van der Waals surface area contributed by atoms with Crippen LogP contribution < -0.4 is 5.56 Å². The van der Waals surface area contributed by atoms with Crippen LogP contribution in [0.1, 0.15) is 31.0 Å². The van der Waals surface area contributed by atoms with E-state index in [1.54, 1.807) is 4.68 Å². The predicted molar refractivity (Wildman–Crippen MR) is 69.7 cm³/mol. The average molecular weight is 230 g/mol. The molecular formula is C14H18N2O. The SMILES string of the molecule is CCCCc1c(C)[nH]n(-c2ccccc2)c1=O. The summed E-state index contributed by atoms with van der Waals surface area (Å²) in [4.78, 5) is 12.2. The second-order valence-electron chi connectivity index (χ2n) is 4.30. The van der Waals surface area contributed by atoms with E-state index in [9.17, 15) is 4.79 Å². The zero-order chi connectivity index (χ0) is 12.3. The van der Waals surface area contributed by atoms with E-state index in [1.807, 2.05) is 37.3 Å². The molecule has 0 fully saturated rings. The zero-order valence-electron chi connectivity index (χ0n) is 10.4. The molecule has 2 rings (SSSR count). The lowest BCUT2D eigenvalue weighted by atomic mass is 10.1. The number of hydrogen-bond acceptors (Lipinski definition) is 1. The number of nitrogens with one attached hydrogen (secondary N) is 1. The molecule has 1 aromatic carbocycles. The molecule has 90 valence electrons.